The third kappa shape index (κ3) is 7.19. The summed E-state index contributed by atoms with van der Waals surface area (Å²) in [6.45, 7) is 8.72. The number of nitrogens with two attached hydrogens (primary N) is 1. The highest BCUT2D eigenvalue weighted by Gasteiger charge is 2.26. The second kappa shape index (κ2) is 10.8. The monoisotopic (exact) mass is 350 g/mol. The first kappa shape index (κ1) is 21.1. The number of rotatable bonds is 10. The molecule has 0 saturated heterocycles. The van der Waals surface area contributed by atoms with Gasteiger partial charge in [0, 0.05) is 25.5 Å². The van der Waals surface area contributed by atoms with Gasteiger partial charge in [-0.3, -0.25) is 14.6 Å². The van der Waals surface area contributed by atoms with Crippen LogP contribution in [0.5, 0.6) is 0 Å². The SMILES string of the molecule is CCOC(=O)C(NCC(C)C(N)C(=O)NCc1cccnc1)C(C)C. The van der Waals surface area contributed by atoms with Gasteiger partial charge >= 0.3 is 5.97 Å². The molecule has 0 bridgehead atoms. The van der Waals surface area contributed by atoms with Crippen molar-refractivity contribution in [2.75, 3.05) is 13.2 Å². The van der Waals surface area contributed by atoms with Crippen LogP contribution in [0.2, 0.25) is 0 Å². The Labute approximate surface area is 149 Å². The van der Waals surface area contributed by atoms with Crippen LogP contribution in [0.3, 0.4) is 0 Å². The molecule has 4 N–H and O–H groups in total. The molecule has 0 spiro atoms. The molecule has 25 heavy (non-hydrogen) atoms. The zero-order valence-corrected chi connectivity index (χ0v) is 15.5. The lowest BCUT2D eigenvalue weighted by atomic mass is 9.99. The van der Waals surface area contributed by atoms with E-state index in [-0.39, 0.29) is 23.7 Å². The molecule has 1 aromatic heterocycles. The largest absolute Gasteiger partial charge is 0.465 e. The van der Waals surface area contributed by atoms with Crippen molar-refractivity contribution in [3.8, 4) is 0 Å². The molecule has 1 amide bonds. The minimum Gasteiger partial charge on any atom is -0.465 e. The molecule has 0 aliphatic rings. The van der Waals surface area contributed by atoms with Gasteiger partial charge in [0.15, 0.2) is 0 Å². The Balaban J connectivity index is 2.47. The fourth-order valence-electron chi connectivity index (χ4n) is 2.33. The minimum absolute atomic E-state index is 0.0851. The van der Waals surface area contributed by atoms with Crippen LogP contribution in [0.25, 0.3) is 0 Å². The van der Waals surface area contributed by atoms with Gasteiger partial charge in [-0.25, -0.2) is 0 Å². The lowest BCUT2D eigenvalue weighted by Crippen LogP contribution is -2.50. The number of nitrogens with one attached hydrogen (secondary N) is 2. The minimum atomic E-state index is -0.667. The number of aromatic nitrogens is 1. The van der Waals surface area contributed by atoms with Gasteiger partial charge in [0.05, 0.1) is 12.6 Å². The summed E-state index contributed by atoms with van der Waals surface area (Å²) >= 11 is 0. The molecule has 7 nitrogen and oxygen atoms in total. The fourth-order valence-corrected chi connectivity index (χ4v) is 2.33. The van der Waals surface area contributed by atoms with Crippen molar-refractivity contribution < 1.29 is 14.3 Å². The zero-order chi connectivity index (χ0) is 18.8. The van der Waals surface area contributed by atoms with Crippen LogP contribution in [0, 0.1) is 11.8 Å². The molecule has 0 saturated carbocycles. The van der Waals surface area contributed by atoms with Crippen LogP contribution in [-0.4, -0.2) is 42.1 Å². The molecule has 140 valence electrons. The third-order valence-corrected chi connectivity index (χ3v) is 3.97. The average molecular weight is 350 g/mol. The molecule has 1 aromatic rings. The maximum atomic E-state index is 12.2. The van der Waals surface area contributed by atoms with Gasteiger partial charge in [-0.05, 0) is 30.4 Å². The summed E-state index contributed by atoms with van der Waals surface area (Å²) in [5.74, 6) is -0.554. The smallest absolute Gasteiger partial charge is 0.323 e. The number of carbonyl (C=O) groups is 2. The van der Waals surface area contributed by atoms with E-state index < -0.39 is 12.1 Å². The summed E-state index contributed by atoms with van der Waals surface area (Å²) in [5, 5.41) is 5.98. The van der Waals surface area contributed by atoms with Gasteiger partial charge in [0.25, 0.3) is 0 Å². The van der Waals surface area contributed by atoms with E-state index in [1.165, 1.54) is 0 Å². The molecule has 0 radical (unpaired) electrons. The highest BCUT2D eigenvalue weighted by molar-refractivity contribution is 5.81. The number of nitrogens with zero attached hydrogens (tertiary/aromatic N) is 1. The Morgan fingerprint density at radius 2 is 2.04 bits per heavy atom. The quantitative estimate of drug-likeness (QED) is 0.540. The van der Waals surface area contributed by atoms with Crippen LogP contribution >= 0.6 is 0 Å². The first-order valence-electron chi connectivity index (χ1n) is 8.69. The summed E-state index contributed by atoms with van der Waals surface area (Å²) in [7, 11) is 0. The summed E-state index contributed by atoms with van der Waals surface area (Å²) in [5.41, 5.74) is 6.95. The summed E-state index contributed by atoms with van der Waals surface area (Å²) in [6, 6.07) is 2.62. The molecule has 7 heteroatoms. The second-order valence-electron chi connectivity index (χ2n) is 6.46. The van der Waals surface area contributed by atoms with E-state index in [0.29, 0.717) is 19.7 Å². The van der Waals surface area contributed by atoms with Crippen molar-refractivity contribution >= 4 is 11.9 Å². The Morgan fingerprint density at radius 3 is 2.60 bits per heavy atom. The zero-order valence-electron chi connectivity index (χ0n) is 15.5. The van der Waals surface area contributed by atoms with Crippen LogP contribution in [0.15, 0.2) is 24.5 Å². The molecule has 0 aliphatic carbocycles. The number of amides is 1. The number of hydrogen-bond acceptors (Lipinski definition) is 6. The van der Waals surface area contributed by atoms with E-state index in [1.807, 2.05) is 32.9 Å². The van der Waals surface area contributed by atoms with Gasteiger partial charge < -0.3 is 21.1 Å². The van der Waals surface area contributed by atoms with Crippen LogP contribution in [0.4, 0.5) is 0 Å². The van der Waals surface area contributed by atoms with Crippen LogP contribution < -0.4 is 16.4 Å². The summed E-state index contributed by atoms with van der Waals surface area (Å²) in [4.78, 5) is 28.2. The maximum absolute atomic E-state index is 12.2. The average Bonchev–Trinajstić information content (AvgIpc) is 2.59. The normalized spacial score (nSPS) is 14.6. The van der Waals surface area contributed by atoms with E-state index in [4.69, 9.17) is 10.5 Å². The first-order chi connectivity index (χ1) is 11.9. The first-order valence-corrected chi connectivity index (χ1v) is 8.69. The number of carbonyl (C=O) groups excluding carboxylic acids is 2. The maximum Gasteiger partial charge on any atom is 0.323 e. The van der Waals surface area contributed by atoms with Gasteiger partial charge in [-0.1, -0.05) is 26.8 Å². The molecule has 0 aromatic carbocycles. The lowest BCUT2D eigenvalue weighted by Gasteiger charge is -2.25. The van der Waals surface area contributed by atoms with E-state index in [2.05, 4.69) is 15.6 Å². The fraction of sp³-hybridized carbons (Fsp3) is 0.611. The standard InChI is InChI=1S/C18H30N4O3/c1-5-25-18(24)16(12(2)3)21-9-13(4)15(19)17(23)22-11-14-7-6-8-20-10-14/h6-8,10,12-13,15-16,21H,5,9,11,19H2,1-4H3,(H,22,23). The Morgan fingerprint density at radius 1 is 1.32 bits per heavy atom. The number of pyridine rings is 1. The molecule has 0 fully saturated rings. The van der Waals surface area contributed by atoms with Crippen molar-refractivity contribution in [1.29, 1.82) is 0 Å². The topological polar surface area (TPSA) is 106 Å². The molecular weight excluding hydrogens is 320 g/mol. The lowest BCUT2D eigenvalue weighted by molar-refractivity contribution is -0.146. The van der Waals surface area contributed by atoms with Gasteiger partial charge in [0.1, 0.15) is 6.04 Å². The van der Waals surface area contributed by atoms with Gasteiger partial charge in [0.2, 0.25) is 5.91 Å². The Bertz CT molecular complexity index is 536. The molecule has 3 atom stereocenters. The highest BCUT2D eigenvalue weighted by Crippen LogP contribution is 2.07. The van der Waals surface area contributed by atoms with E-state index in [1.54, 1.807) is 19.3 Å². The van der Waals surface area contributed by atoms with Crippen molar-refractivity contribution in [3.63, 3.8) is 0 Å². The van der Waals surface area contributed by atoms with E-state index in [9.17, 15) is 9.59 Å². The summed E-state index contributed by atoms with van der Waals surface area (Å²) in [6.07, 6.45) is 3.38. The van der Waals surface area contributed by atoms with Crippen molar-refractivity contribution in [2.24, 2.45) is 17.6 Å². The number of esters is 1. The van der Waals surface area contributed by atoms with Crippen molar-refractivity contribution in [1.82, 2.24) is 15.6 Å². The van der Waals surface area contributed by atoms with Crippen LogP contribution in [0.1, 0.15) is 33.3 Å². The molecule has 0 aliphatic heterocycles. The van der Waals surface area contributed by atoms with Crippen LogP contribution in [-0.2, 0) is 20.9 Å². The van der Waals surface area contributed by atoms with Crippen molar-refractivity contribution in [3.05, 3.63) is 30.1 Å². The second-order valence-corrected chi connectivity index (χ2v) is 6.46. The Hall–Kier alpha value is -1.99. The molecule has 3 unspecified atom stereocenters. The van der Waals surface area contributed by atoms with Gasteiger partial charge in [-0.2, -0.15) is 0 Å². The predicted molar refractivity (Wildman–Crippen MR) is 96.5 cm³/mol. The van der Waals surface area contributed by atoms with E-state index in [0.717, 1.165) is 5.56 Å². The number of hydrogen-bond donors (Lipinski definition) is 3. The van der Waals surface area contributed by atoms with E-state index >= 15 is 0 Å². The van der Waals surface area contributed by atoms with Gasteiger partial charge in [-0.15, -0.1) is 0 Å². The van der Waals surface area contributed by atoms with Crippen molar-refractivity contribution in [2.45, 2.75) is 46.3 Å². The highest BCUT2D eigenvalue weighted by atomic mass is 16.5. The molecule has 1 heterocycles. The third-order valence-electron chi connectivity index (χ3n) is 3.97. The predicted octanol–water partition coefficient (Wildman–Crippen LogP) is 0.839. The molecule has 1 rings (SSSR count). The molecular formula is C18H30N4O3. The summed E-state index contributed by atoms with van der Waals surface area (Å²) < 4.78 is 5.08. The Kier molecular flexibility index (Phi) is 9.08. The number of ether oxygens (including phenoxy) is 1.